The molecule has 16 nitrogen and oxygen atoms in total. The van der Waals surface area contributed by atoms with Crippen molar-refractivity contribution in [1.29, 1.82) is 0 Å². The Labute approximate surface area is 230 Å². The van der Waals surface area contributed by atoms with Gasteiger partial charge >= 0.3 is 23.9 Å². The summed E-state index contributed by atoms with van der Waals surface area (Å²) < 4.78 is 0. The van der Waals surface area contributed by atoms with Crippen molar-refractivity contribution in [2.75, 3.05) is 78.5 Å². The number of carbonyl (C=O) groups excluding carboxylic acids is 3. The van der Waals surface area contributed by atoms with Crippen LogP contribution in [0.5, 0.6) is 0 Å². The molecule has 2 fully saturated rings. The van der Waals surface area contributed by atoms with Crippen LogP contribution in [0, 0.1) is 0 Å². The molecule has 224 valence electrons. The number of likely N-dealkylation sites (tertiary alicyclic amines) is 1. The Morgan fingerprint density at radius 3 is 1.32 bits per heavy atom. The van der Waals surface area contributed by atoms with Crippen LogP contribution < -0.4 is 0 Å². The molecule has 16 heteroatoms. The maximum atomic E-state index is 12.5. The lowest BCUT2D eigenvalue weighted by Gasteiger charge is -2.35. The number of aliphatic carboxylic acids is 4. The van der Waals surface area contributed by atoms with Crippen LogP contribution in [0.1, 0.15) is 25.7 Å². The maximum absolute atomic E-state index is 12.5. The van der Waals surface area contributed by atoms with Gasteiger partial charge in [0, 0.05) is 71.6 Å². The first-order valence-electron chi connectivity index (χ1n) is 13.0. The van der Waals surface area contributed by atoms with Crippen molar-refractivity contribution in [2.45, 2.75) is 31.7 Å². The summed E-state index contributed by atoms with van der Waals surface area (Å²) in [6.07, 6.45) is -0.280. The summed E-state index contributed by atoms with van der Waals surface area (Å²) >= 11 is 0. The Hall–Kier alpha value is -3.47. The molecular weight excluding hydrogens is 534 g/mol. The van der Waals surface area contributed by atoms with Gasteiger partial charge in [0.05, 0.1) is 26.2 Å². The molecule has 0 aromatic heterocycles. The van der Waals surface area contributed by atoms with Gasteiger partial charge in [-0.05, 0) is 6.42 Å². The summed E-state index contributed by atoms with van der Waals surface area (Å²) in [5.41, 5.74) is 0. The largest absolute Gasteiger partial charge is 0.480 e. The van der Waals surface area contributed by atoms with Gasteiger partial charge in [0.2, 0.25) is 11.8 Å². The van der Waals surface area contributed by atoms with Crippen LogP contribution >= 0.6 is 0 Å². The summed E-state index contributed by atoms with van der Waals surface area (Å²) in [5, 5.41) is 37.9. The minimum atomic E-state index is -1.23. The van der Waals surface area contributed by atoms with Gasteiger partial charge in [-0.25, -0.2) is 0 Å². The fourth-order valence-electron chi connectivity index (χ4n) is 4.73. The van der Waals surface area contributed by atoms with Gasteiger partial charge in [-0.1, -0.05) is 0 Å². The monoisotopic (exact) mass is 571 g/mol. The number of imide groups is 1. The first-order valence-corrected chi connectivity index (χ1v) is 13.0. The van der Waals surface area contributed by atoms with E-state index in [4.69, 9.17) is 0 Å². The van der Waals surface area contributed by atoms with Crippen LogP contribution in [-0.2, 0) is 33.6 Å². The fraction of sp³-hybridized carbons (Fsp3) is 0.708. The quantitative estimate of drug-likeness (QED) is 0.167. The lowest BCUT2D eigenvalue weighted by atomic mass is 10.1. The van der Waals surface area contributed by atoms with Crippen molar-refractivity contribution < 1.29 is 54.0 Å². The minimum Gasteiger partial charge on any atom is -0.480 e. The van der Waals surface area contributed by atoms with Crippen LogP contribution in [0.3, 0.4) is 0 Å². The van der Waals surface area contributed by atoms with Crippen molar-refractivity contribution in [3.05, 3.63) is 0 Å². The highest BCUT2D eigenvalue weighted by Crippen LogP contribution is 2.14. The first kappa shape index (κ1) is 32.7. The first-order chi connectivity index (χ1) is 18.8. The zero-order chi connectivity index (χ0) is 29.8. The Kier molecular flexibility index (Phi) is 13.1. The number of Topliss-reactive ketones (excluding diaryl/α,β-unsaturated/α-hetero) is 1. The van der Waals surface area contributed by atoms with Gasteiger partial charge in [0.25, 0.3) is 0 Å². The van der Waals surface area contributed by atoms with Gasteiger partial charge in [-0.3, -0.25) is 58.1 Å². The second kappa shape index (κ2) is 16.0. The molecule has 0 radical (unpaired) electrons. The van der Waals surface area contributed by atoms with Gasteiger partial charge in [-0.15, -0.1) is 0 Å². The van der Waals surface area contributed by atoms with Gasteiger partial charge in [0.1, 0.15) is 6.04 Å². The Balaban J connectivity index is 2.18. The minimum absolute atomic E-state index is 0.0331. The summed E-state index contributed by atoms with van der Waals surface area (Å²) in [5.74, 6) is -5.89. The molecule has 2 heterocycles. The highest BCUT2D eigenvalue weighted by atomic mass is 16.4. The second-order valence-electron chi connectivity index (χ2n) is 9.85. The SMILES string of the molecule is O=C(O)CN1CCN(CC(=O)O)CCN(C(CCC(=O)CN2C(=O)CCC2=O)C(=O)O)CCN(CC(=O)O)CC1. The highest BCUT2D eigenvalue weighted by Gasteiger charge is 2.32. The molecule has 0 aliphatic carbocycles. The topological polar surface area (TPSA) is 217 Å². The summed E-state index contributed by atoms with van der Waals surface area (Å²) in [6, 6.07) is -1.17. The van der Waals surface area contributed by atoms with E-state index < -0.39 is 54.1 Å². The predicted octanol–water partition coefficient (Wildman–Crippen LogP) is -2.59. The molecule has 0 spiro atoms. The molecule has 2 saturated heterocycles. The number of hydrogen-bond donors (Lipinski definition) is 4. The lowest BCUT2D eigenvalue weighted by molar-refractivity contribution is -0.146. The lowest BCUT2D eigenvalue weighted by Crippen LogP contribution is -2.52. The number of carboxylic acid groups (broad SMARTS) is 4. The average molecular weight is 572 g/mol. The van der Waals surface area contributed by atoms with E-state index in [1.54, 1.807) is 19.6 Å². The third-order valence-electron chi connectivity index (χ3n) is 6.86. The second-order valence-corrected chi connectivity index (χ2v) is 9.85. The van der Waals surface area contributed by atoms with Crippen LogP contribution in [0.2, 0.25) is 0 Å². The van der Waals surface area contributed by atoms with E-state index in [9.17, 15) is 54.0 Å². The Bertz CT molecular complexity index is 927. The molecule has 2 aliphatic rings. The molecule has 2 amide bonds. The molecule has 0 aromatic rings. The summed E-state index contributed by atoms with van der Waals surface area (Å²) in [6.45, 7) is -0.253. The van der Waals surface area contributed by atoms with Crippen molar-refractivity contribution in [1.82, 2.24) is 24.5 Å². The van der Waals surface area contributed by atoms with Crippen LogP contribution in [0.25, 0.3) is 0 Å². The van der Waals surface area contributed by atoms with E-state index in [-0.39, 0.29) is 97.7 Å². The average Bonchev–Trinajstić information content (AvgIpc) is 3.16. The number of ketones is 1. The molecule has 1 unspecified atom stereocenters. The molecular formula is C24H37N5O11. The highest BCUT2D eigenvalue weighted by molar-refractivity contribution is 6.04. The Morgan fingerprint density at radius 2 is 0.975 bits per heavy atom. The van der Waals surface area contributed by atoms with Gasteiger partial charge in [0.15, 0.2) is 5.78 Å². The number of carbonyl (C=O) groups is 7. The van der Waals surface area contributed by atoms with E-state index in [1.807, 2.05) is 0 Å². The zero-order valence-electron chi connectivity index (χ0n) is 22.3. The number of nitrogens with zero attached hydrogens (tertiary/aromatic N) is 5. The number of rotatable bonds is 13. The molecule has 40 heavy (non-hydrogen) atoms. The smallest absolute Gasteiger partial charge is 0.320 e. The summed E-state index contributed by atoms with van der Waals surface area (Å²) in [7, 11) is 0. The van der Waals surface area contributed by atoms with Crippen LogP contribution in [0.15, 0.2) is 0 Å². The van der Waals surface area contributed by atoms with E-state index in [0.717, 1.165) is 4.90 Å². The fourth-order valence-corrected chi connectivity index (χ4v) is 4.73. The van der Waals surface area contributed by atoms with Crippen molar-refractivity contribution in [3.63, 3.8) is 0 Å². The van der Waals surface area contributed by atoms with Crippen molar-refractivity contribution in [3.8, 4) is 0 Å². The molecule has 1 atom stereocenters. The zero-order valence-corrected chi connectivity index (χ0v) is 22.3. The number of amides is 2. The number of carboxylic acids is 4. The van der Waals surface area contributed by atoms with Crippen LogP contribution in [0.4, 0.5) is 0 Å². The maximum Gasteiger partial charge on any atom is 0.320 e. The van der Waals surface area contributed by atoms with E-state index in [1.165, 1.54) is 0 Å². The van der Waals surface area contributed by atoms with E-state index in [2.05, 4.69) is 0 Å². The third kappa shape index (κ3) is 11.3. The Morgan fingerprint density at radius 1 is 0.600 bits per heavy atom. The molecule has 2 aliphatic heterocycles. The molecule has 0 bridgehead atoms. The molecule has 0 aromatic carbocycles. The molecule has 2 rings (SSSR count). The van der Waals surface area contributed by atoms with E-state index in [0.29, 0.717) is 0 Å². The standard InChI is InChI=1S/C24H37N5O11/c30-17(13-29-19(31)3-4-20(29)32)1-2-18(24(39)40)28-11-9-26(15-22(35)36)7-5-25(14-21(33)34)6-8-27(10-12-28)16-23(37)38/h18H,1-16H2,(H,33,34)(H,35,36)(H,37,38)(H,39,40). The van der Waals surface area contributed by atoms with Gasteiger partial charge < -0.3 is 20.4 Å². The van der Waals surface area contributed by atoms with Crippen LogP contribution in [-0.4, -0.2) is 171 Å². The normalized spacial score (nSPS) is 20.1. The van der Waals surface area contributed by atoms with E-state index >= 15 is 0 Å². The predicted molar refractivity (Wildman–Crippen MR) is 135 cm³/mol. The molecule has 0 saturated carbocycles. The summed E-state index contributed by atoms with van der Waals surface area (Å²) in [4.78, 5) is 89.7. The number of hydrogen-bond acceptors (Lipinski definition) is 11. The van der Waals surface area contributed by atoms with Gasteiger partial charge in [-0.2, -0.15) is 0 Å². The van der Waals surface area contributed by atoms with Crippen molar-refractivity contribution >= 4 is 41.5 Å². The molecule has 4 N–H and O–H groups in total. The third-order valence-corrected chi connectivity index (χ3v) is 6.86. The van der Waals surface area contributed by atoms with Crippen molar-refractivity contribution in [2.24, 2.45) is 0 Å².